The van der Waals surface area contributed by atoms with Crippen molar-refractivity contribution in [1.29, 1.82) is 0 Å². The first kappa shape index (κ1) is 20.0. The molecule has 4 nitrogen and oxygen atoms in total. The van der Waals surface area contributed by atoms with Crippen LogP contribution in [0.1, 0.15) is 42.3 Å². The SMILES string of the molecule is CC(C)(C)c1cc(C(=O)Nc2cccc(SCc3cccnc3)c2)ccc1O. The van der Waals surface area contributed by atoms with Crippen molar-refractivity contribution in [1.82, 2.24) is 4.98 Å². The van der Waals surface area contributed by atoms with E-state index in [1.54, 1.807) is 36.2 Å². The van der Waals surface area contributed by atoms with E-state index < -0.39 is 0 Å². The highest BCUT2D eigenvalue weighted by Gasteiger charge is 2.20. The topological polar surface area (TPSA) is 62.2 Å². The van der Waals surface area contributed by atoms with Crippen LogP contribution < -0.4 is 5.32 Å². The smallest absolute Gasteiger partial charge is 0.255 e. The van der Waals surface area contributed by atoms with Gasteiger partial charge in [0.1, 0.15) is 5.75 Å². The standard InChI is InChI=1S/C23H24N2O2S/c1-23(2,3)20-12-17(9-10-21(20)26)22(27)25-18-7-4-8-19(13-18)28-15-16-6-5-11-24-14-16/h4-14,26H,15H2,1-3H3,(H,25,27). The Kier molecular flexibility index (Phi) is 6.05. The molecule has 0 aliphatic rings. The van der Waals surface area contributed by atoms with Gasteiger partial charge in [-0.25, -0.2) is 0 Å². The predicted molar refractivity (Wildman–Crippen MR) is 115 cm³/mol. The van der Waals surface area contributed by atoms with Crippen LogP contribution >= 0.6 is 11.8 Å². The molecule has 1 amide bonds. The molecule has 3 aromatic rings. The number of pyridine rings is 1. The van der Waals surface area contributed by atoms with Gasteiger partial charge in [0, 0.05) is 39.9 Å². The second kappa shape index (κ2) is 8.48. The zero-order chi connectivity index (χ0) is 20.1. The Morgan fingerprint density at radius 1 is 1.11 bits per heavy atom. The number of carbonyl (C=O) groups excluding carboxylic acids is 1. The average molecular weight is 393 g/mol. The van der Waals surface area contributed by atoms with E-state index >= 15 is 0 Å². The van der Waals surface area contributed by atoms with Crippen LogP contribution in [0.2, 0.25) is 0 Å². The number of nitrogens with one attached hydrogen (secondary N) is 1. The Balaban J connectivity index is 1.71. The third-order valence-electron chi connectivity index (χ3n) is 4.29. The number of anilines is 1. The van der Waals surface area contributed by atoms with Crippen molar-refractivity contribution in [2.75, 3.05) is 5.32 Å². The largest absolute Gasteiger partial charge is 0.508 e. The summed E-state index contributed by atoms with van der Waals surface area (Å²) in [6, 6.07) is 16.7. The molecule has 1 aromatic heterocycles. The zero-order valence-corrected chi connectivity index (χ0v) is 17.1. The van der Waals surface area contributed by atoms with Crippen molar-refractivity contribution in [3.8, 4) is 5.75 Å². The van der Waals surface area contributed by atoms with Gasteiger partial charge < -0.3 is 10.4 Å². The van der Waals surface area contributed by atoms with Gasteiger partial charge in [0.25, 0.3) is 5.91 Å². The van der Waals surface area contributed by atoms with Gasteiger partial charge in [-0.1, -0.05) is 32.9 Å². The molecule has 0 unspecified atom stereocenters. The number of aromatic nitrogens is 1. The van der Waals surface area contributed by atoms with Gasteiger partial charge in [0.15, 0.2) is 0 Å². The quantitative estimate of drug-likeness (QED) is 0.553. The van der Waals surface area contributed by atoms with E-state index in [9.17, 15) is 9.90 Å². The van der Waals surface area contributed by atoms with Crippen LogP contribution in [0.15, 0.2) is 71.9 Å². The molecule has 0 spiro atoms. The number of carbonyl (C=O) groups is 1. The summed E-state index contributed by atoms with van der Waals surface area (Å²) in [5.41, 5.74) is 2.92. The summed E-state index contributed by atoms with van der Waals surface area (Å²) in [7, 11) is 0. The molecule has 0 bridgehead atoms. The summed E-state index contributed by atoms with van der Waals surface area (Å²) >= 11 is 1.69. The van der Waals surface area contributed by atoms with E-state index in [-0.39, 0.29) is 17.1 Å². The average Bonchev–Trinajstić information content (AvgIpc) is 2.67. The molecule has 0 atom stereocenters. The van der Waals surface area contributed by atoms with Crippen molar-refractivity contribution in [3.63, 3.8) is 0 Å². The Hall–Kier alpha value is -2.79. The highest BCUT2D eigenvalue weighted by Crippen LogP contribution is 2.31. The molecule has 5 heteroatoms. The maximum Gasteiger partial charge on any atom is 0.255 e. The van der Waals surface area contributed by atoms with Gasteiger partial charge in [-0.2, -0.15) is 0 Å². The molecule has 2 aromatic carbocycles. The Morgan fingerprint density at radius 2 is 1.93 bits per heavy atom. The lowest BCUT2D eigenvalue weighted by Crippen LogP contribution is -2.16. The van der Waals surface area contributed by atoms with E-state index in [4.69, 9.17) is 0 Å². The van der Waals surface area contributed by atoms with Gasteiger partial charge in [0.05, 0.1) is 0 Å². The summed E-state index contributed by atoms with van der Waals surface area (Å²) in [5, 5.41) is 13.0. The summed E-state index contributed by atoms with van der Waals surface area (Å²) in [6.45, 7) is 6.02. The van der Waals surface area contributed by atoms with E-state index in [1.807, 2.05) is 63.4 Å². The minimum Gasteiger partial charge on any atom is -0.508 e. The lowest BCUT2D eigenvalue weighted by atomic mass is 9.85. The van der Waals surface area contributed by atoms with Crippen LogP contribution in [0, 0.1) is 0 Å². The highest BCUT2D eigenvalue weighted by atomic mass is 32.2. The molecule has 28 heavy (non-hydrogen) atoms. The van der Waals surface area contributed by atoms with Crippen LogP contribution in [0.3, 0.4) is 0 Å². The van der Waals surface area contributed by atoms with Crippen LogP contribution in [-0.4, -0.2) is 16.0 Å². The van der Waals surface area contributed by atoms with Gasteiger partial charge >= 0.3 is 0 Å². The predicted octanol–water partition coefficient (Wildman–Crippen LogP) is 5.63. The number of rotatable bonds is 5. The van der Waals surface area contributed by atoms with Gasteiger partial charge in [-0.05, 0) is 53.4 Å². The number of phenolic OH excluding ortho intramolecular Hbond substituents is 1. The highest BCUT2D eigenvalue weighted by molar-refractivity contribution is 7.98. The molecule has 0 fully saturated rings. The lowest BCUT2D eigenvalue weighted by molar-refractivity contribution is 0.102. The third kappa shape index (κ3) is 5.14. The second-order valence-electron chi connectivity index (χ2n) is 7.61. The zero-order valence-electron chi connectivity index (χ0n) is 16.3. The number of aromatic hydroxyl groups is 1. The molecule has 2 N–H and O–H groups in total. The van der Waals surface area contributed by atoms with E-state index in [0.29, 0.717) is 5.56 Å². The molecular formula is C23H24N2O2S. The molecule has 3 rings (SSSR count). The fourth-order valence-corrected chi connectivity index (χ4v) is 3.68. The Labute approximate surface area is 170 Å². The number of hydrogen-bond donors (Lipinski definition) is 2. The molecule has 0 saturated carbocycles. The van der Waals surface area contributed by atoms with Crippen LogP contribution in [0.5, 0.6) is 5.75 Å². The lowest BCUT2D eigenvalue weighted by Gasteiger charge is -2.21. The first-order valence-electron chi connectivity index (χ1n) is 9.09. The fraction of sp³-hybridized carbons (Fsp3) is 0.217. The number of benzene rings is 2. The normalized spacial score (nSPS) is 11.2. The summed E-state index contributed by atoms with van der Waals surface area (Å²) in [6.07, 6.45) is 3.62. The van der Waals surface area contributed by atoms with Gasteiger partial charge in [-0.15, -0.1) is 11.8 Å². The Morgan fingerprint density at radius 3 is 2.64 bits per heavy atom. The van der Waals surface area contributed by atoms with Crippen molar-refractivity contribution >= 4 is 23.4 Å². The summed E-state index contributed by atoms with van der Waals surface area (Å²) in [5.74, 6) is 0.829. The second-order valence-corrected chi connectivity index (χ2v) is 8.66. The number of phenols is 1. The maximum absolute atomic E-state index is 12.7. The molecule has 0 saturated heterocycles. The maximum atomic E-state index is 12.7. The minimum atomic E-state index is -0.247. The van der Waals surface area contributed by atoms with Crippen molar-refractivity contribution < 1.29 is 9.90 Å². The first-order chi connectivity index (χ1) is 13.3. The van der Waals surface area contributed by atoms with Crippen molar-refractivity contribution in [3.05, 3.63) is 83.7 Å². The van der Waals surface area contributed by atoms with Crippen molar-refractivity contribution in [2.24, 2.45) is 0 Å². The van der Waals surface area contributed by atoms with Crippen molar-refractivity contribution in [2.45, 2.75) is 36.8 Å². The fourth-order valence-electron chi connectivity index (χ4n) is 2.80. The van der Waals surface area contributed by atoms with Crippen LogP contribution in [0.25, 0.3) is 0 Å². The molecular weight excluding hydrogens is 368 g/mol. The van der Waals surface area contributed by atoms with Crippen LogP contribution in [0.4, 0.5) is 5.69 Å². The Bertz CT molecular complexity index is 966. The third-order valence-corrected chi connectivity index (χ3v) is 5.35. The molecule has 0 aliphatic heterocycles. The molecule has 0 radical (unpaired) electrons. The van der Waals surface area contributed by atoms with E-state index in [0.717, 1.165) is 27.5 Å². The number of amides is 1. The summed E-state index contributed by atoms with van der Waals surface area (Å²) in [4.78, 5) is 17.9. The van der Waals surface area contributed by atoms with Gasteiger partial charge in [0.2, 0.25) is 0 Å². The minimum absolute atomic E-state index is 0.195. The van der Waals surface area contributed by atoms with Gasteiger partial charge in [-0.3, -0.25) is 9.78 Å². The monoisotopic (exact) mass is 392 g/mol. The first-order valence-corrected chi connectivity index (χ1v) is 10.1. The number of thioether (sulfide) groups is 1. The molecule has 1 heterocycles. The summed E-state index contributed by atoms with van der Waals surface area (Å²) < 4.78 is 0. The van der Waals surface area contributed by atoms with E-state index in [1.165, 1.54) is 0 Å². The molecule has 144 valence electrons. The number of hydrogen-bond acceptors (Lipinski definition) is 4. The van der Waals surface area contributed by atoms with Crippen LogP contribution in [-0.2, 0) is 11.2 Å². The van der Waals surface area contributed by atoms with E-state index in [2.05, 4.69) is 10.3 Å². The number of nitrogens with zero attached hydrogens (tertiary/aromatic N) is 1. The molecule has 0 aliphatic carbocycles.